The second-order valence-electron chi connectivity index (χ2n) is 5.89. The summed E-state index contributed by atoms with van der Waals surface area (Å²) in [6.45, 7) is 8.27. The standard InChI is InChI=1S/C13H25N3O2/c1-10(2)7-16(8-11(14)17)12(18)13(3)5-4-6-15-9-13/h10,15H,4-9H2,1-3H3,(H2,14,17). The van der Waals surface area contributed by atoms with E-state index in [1.807, 2.05) is 20.8 Å². The topological polar surface area (TPSA) is 75.4 Å². The molecule has 5 heteroatoms. The third-order valence-corrected chi connectivity index (χ3v) is 3.33. The fraction of sp³-hybridized carbons (Fsp3) is 0.846. The van der Waals surface area contributed by atoms with Crippen molar-refractivity contribution in [2.75, 3.05) is 26.2 Å². The Morgan fingerprint density at radius 2 is 2.11 bits per heavy atom. The first kappa shape index (κ1) is 15.0. The van der Waals surface area contributed by atoms with E-state index in [0.29, 0.717) is 19.0 Å². The third kappa shape index (κ3) is 3.98. The molecule has 0 aromatic heterocycles. The van der Waals surface area contributed by atoms with Gasteiger partial charge in [0.2, 0.25) is 11.8 Å². The molecule has 0 bridgehead atoms. The summed E-state index contributed by atoms with van der Waals surface area (Å²) in [7, 11) is 0. The van der Waals surface area contributed by atoms with Crippen molar-refractivity contribution in [1.82, 2.24) is 10.2 Å². The van der Waals surface area contributed by atoms with Crippen LogP contribution < -0.4 is 11.1 Å². The van der Waals surface area contributed by atoms with Crippen LogP contribution >= 0.6 is 0 Å². The molecule has 1 saturated heterocycles. The average Bonchev–Trinajstić information content (AvgIpc) is 2.27. The molecule has 1 aliphatic rings. The molecule has 5 nitrogen and oxygen atoms in total. The molecule has 1 rings (SSSR count). The van der Waals surface area contributed by atoms with E-state index in [-0.39, 0.29) is 12.5 Å². The first-order valence-electron chi connectivity index (χ1n) is 6.63. The summed E-state index contributed by atoms with van der Waals surface area (Å²) in [5.74, 6) is -0.0768. The van der Waals surface area contributed by atoms with Gasteiger partial charge >= 0.3 is 0 Å². The summed E-state index contributed by atoms with van der Waals surface area (Å²) in [6, 6.07) is 0. The van der Waals surface area contributed by atoms with Crippen LogP contribution in [0.5, 0.6) is 0 Å². The minimum atomic E-state index is -0.448. The van der Waals surface area contributed by atoms with E-state index in [4.69, 9.17) is 5.73 Å². The van der Waals surface area contributed by atoms with Crippen molar-refractivity contribution in [2.45, 2.75) is 33.6 Å². The number of rotatable bonds is 5. The van der Waals surface area contributed by atoms with Crippen LogP contribution in [0, 0.1) is 11.3 Å². The zero-order valence-electron chi connectivity index (χ0n) is 11.7. The van der Waals surface area contributed by atoms with Crippen molar-refractivity contribution in [3.05, 3.63) is 0 Å². The molecular weight excluding hydrogens is 230 g/mol. The highest BCUT2D eigenvalue weighted by Gasteiger charge is 2.38. The van der Waals surface area contributed by atoms with Crippen LogP contribution in [0.4, 0.5) is 0 Å². The number of carbonyl (C=O) groups excluding carboxylic acids is 2. The van der Waals surface area contributed by atoms with Crippen molar-refractivity contribution in [3.63, 3.8) is 0 Å². The van der Waals surface area contributed by atoms with Crippen LogP contribution in [0.1, 0.15) is 33.6 Å². The van der Waals surface area contributed by atoms with Crippen molar-refractivity contribution >= 4 is 11.8 Å². The second-order valence-corrected chi connectivity index (χ2v) is 5.89. The Balaban J connectivity index is 2.76. The van der Waals surface area contributed by atoms with Crippen molar-refractivity contribution in [1.29, 1.82) is 0 Å². The van der Waals surface area contributed by atoms with Crippen LogP contribution in [-0.2, 0) is 9.59 Å². The van der Waals surface area contributed by atoms with Gasteiger partial charge in [-0.1, -0.05) is 13.8 Å². The van der Waals surface area contributed by atoms with Gasteiger partial charge in [0.25, 0.3) is 0 Å². The number of hydrogen-bond acceptors (Lipinski definition) is 3. The summed E-state index contributed by atoms with van der Waals surface area (Å²) in [5.41, 5.74) is 4.83. The minimum absolute atomic E-state index is 0.0204. The Morgan fingerprint density at radius 1 is 1.44 bits per heavy atom. The molecule has 104 valence electrons. The fourth-order valence-corrected chi connectivity index (χ4v) is 2.47. The summed E-state index contributed by atoms with van der Waals surface area (Å²) in [6.07, 6.45) is 1.86. The predicted molar refractivity (Wildman–Crippen MR) is 70.8 cm³/mol. The number of amides is 2. The maximum absolute atomic E-state index is 12.6. The van der Waals surface area contributed by atoms with Gasteiger partial charge in [0.15, 0.2) is 0 Å². The number of nitrogens with two attached hydrogens (primary N) is 1. The number of primary amides is 1. The smallest absolute Gasteiger partial charge is 0.237 e. The molecule has 1 heterocycles. The Kier molecular flexibility index (Phi) is 5.14. The van der Waals surface area contributed by atoms with Crippen LogP contribution in [0.2, 0.25) is 0 Å². The lowest BCUT2D eigenvalue weighted by Crippen LogP contribution is -2.52. The van der Waals surface area contributed by atoms with E-state index in [1.54, 1.807) is 4.90 Å². The van der Waals surface area contributed by atoms with Crippen LogP contribution in [0.25, 0.3) is 0 Å². The largest absolute Gasteiger partial charge is 0.368 e. The monoisotopic (exact) mass is 255 g/mol. The van der Waals surface area contributed by atoms with Gasteiger partial charge in [0, 0.05) is 13.1 Å². The van der Waals surface area contributed by atoms with E-state index in [2.05, 4.69) is 5.32 Å². The van der Waals surface area contributed by atoms with E-state index in [9.17, 15) is 9.59 Å². The maximum atomic E-state index is 12.6. The van der Waals surface area contributed by atoms with Gasteiger partial charge in [-0.15, -0.1) is 0 Å². The third-order valence-electron chi connectivity index (χ3n) is 3.33. The van der Waals surface area contributed by atoms with E-state index in [0.717, 1.165) is 19.4 Å². The lowest BCUT2D eigenvalue weighted by atomic mass is 9.81. The van der Waals surface area contributed by atoms with Crippen molar-refractivity contribution in [2.24, 2.45) is 17.1 Å². The molecular formula is C13H25N3O2. The van der Waals surface area contributed by atoms with Gasteiger partial charge in [0.05, 0.1) is 12.0 Å². The molecule has 1 fully saturated rings. The number of carbonyl (C=O) groups is 2. The molecule has 0 saturated carbocycles. The molecule has 1 aliphatic heterocycles. The zero-order valence-corrected chi connectivity index (χ0v) is 11.7. The Bertz CT molecular complexity index is 309. The van der Waals surface area contributed by atoms with E-state index >= 15 is 0 Å². The maximum Gasteiger partial charge on any atom is 0.237 e. The van der Waals surface area contributed by atoms with Gasteiger partial charge in [-0.2, -0.15) is 0 Å². The molecule has 2 amide bonds. The average molecular weight is 255 g/mol. The lowest BCUT2D eigenvalue weighted by Gasteiger charge is -2.37. The Morgan fingerprint density at radius 3 is 2.56 bits per heavy atom. The Labute approximate surface area is 109 Å². The zero-order chi connectivity index (χ0) is 13.8. The van der Waals surface area contributed by atoms with Crippen molar-refractivity contribution < 1.29 is 9.59 Å². The highest BCUT2D eigenvalue weighted by Crippen LogP contribution is 2.28. The van der Waals surface area contributed by atoms with Crippen LogP contribution in [-0.4, -0.2) is 42.9 Å². The fourth-order valence-electron chi connectivity index (χ4n) is 2.47. The predicted octanol–water partition coefficient (Wildman–Crippen LogP) is 0.346. The van der Waals surface area contributed by atoms with Gasteiger partial charge in [-0.25, -0.2) is 0 Å². The lowest BCUT2D eigenvalue weighted by molar-refractivity contribution is -0.145. The summed E-state index contributed by atoms with van der Waals surface area (Å²) >= 11 is 0. The van der Waals surface area contributed by atoms with Crippen LogP contribution in [0.3, 0.4) is 0 Å². The van der Waals surface area contributed by atoms with E-state index < -0.39 is 11.3 Å². The first-order valence-corrected chi connectivity index (χ1v) is 6.63. The van der Waals surface area contributed by atoms with Gasteiger partial charge in [0.1, 0.15) is 0 Å². The minimum Gasteiger partial charge on any atom is -0.368 e. The first-order chi connectivity index (χ1) is 8.35. The van der Waals surface area contributed by atoms with Crippen LogP contribution in [0.15, 0.2) is 0 Å². The van der Waals surface area contributed by atoms with Gasteiger partial charge in [-0.05, 0) is 32.2 Å². The molecule has 0 spiro atoms. The SMILES string of the molecule is CC(C)CN(CC(N)=O)C(=O)C1(C)CCCNC1. The Hall–Kier alpha value is -1.10. The van der Waals surface area contributed by atoms with Gasteiger partial charge in [-0.3, -0.25) is 9.59 Å². The summed E-state index contributed by atoms with van der Waals surface area (Å²) in [4.78, 5) is 25.3. The molecule has 18 heavy (non-hydrogen) atoms. The molecule has 1 atom stereocenters. The number of nitrogens with one attached hydrogen (secondary N) is 1. The molecule has 3 N–H and O–H groups in total. The molecule has 0 aliphatic carbocycles. The van der Waals surface area contributed by atoms with Gasteiger partial charge < -0.3 is 16.0 Å². The number of hydrogen-bond donors (Lipinski definition) is 2. The highest BCUT2D eigenvalue weighted by molar-refractivity contribution is 5.87. The quantitative estimate of drug-likeness (QED) is 0.744. The second kappa shape index (κ2) is 6.18. The normalized spacial score (nSPS) is 24.0. The van der Waals surface area contributed by atoms with Crippen molar-refractivity contribution in [3.8, 4) is 0 Å². The summed E-state index contributed by atoms with van der Waals surface area (Å²) in [5, 5.41) is 3.25. The molecule has 0 aromatic rings. The number of nitrogens with zero attached hydrogens (tertiary/aromatic N) is 1. The van der Waals surface area contributed by atoms with E-state index in [1.165, 1.54) is 0 Å². The molecule has 0 radical (unpaired) electrons. The molecule has 1 unspecified atom stereocenters. The molecule has 0 aromatic carbocycles. The number of piperidine rings is 1. The summed E-state index contributed by atoms with van der Waals surface area (Å²) < 4.78 is 0. The highest BCUT2D eigenvalue weighted by atomic mass is 16.2.